The van der Waals surface area contributed by atoms with Crippen LogP contribution in [0.1, 0.15) is 66.8 Å². The fourth-order valence-electron chi connectivity index (χ4n) is 22.9. The highest BCUT2D eigenvalue weighted by molar-refractivity contribution is 7.00. The zero-order chi connectivity index (χ0) is 70.7. The highest BCUT2D eigenvalue weighted by Gasteiger charge is 2.58. The van der Waals surface area contributed by atoms with Crippen molar-refractivity contribution in [1.82, 2.24) is 4.57 Å². The molecule has 8 aliphatic rings. The number of nitrogens with zero attached hydrogens (tertiary/aromatic N) is 3. The number of anilines is 6. The van der Waals surface area contributed by atoms with Gasteiger partial charge in [0.2, 0.25) is 0 Å². The lowest BCUT2D eigenvalue weighted by Crippen LogP contribution is -2.61. The molecular formula is C105H62BN3. The lowest BCUT2D eigenvalue weighted by atomic mass is 9.33. The maximum Gasteiger partial charge on any atom is 0.252 e. The lowest BCUT2D eigenvalue weighted by Gasteiger charge is -2.46. The van der Waals surface area contributed by atoms with E-state index in [1.807, 2.05) is 0 Å². The fourth-order valence-corrected chi connectivity index (χ4v) is 22.9. The minimum Gasteiger partial charge on any atom is -0.311 e. The molecule has 3 nitrogen and oxygen atoms in total. The molecule has 0 amide bonds. The number of para-hydroxylation sites is 2. The molecule has 2 aliphatic heterocycles. The van der Waals surface area contributed by atoms with Crippen molar-refractivity contribution in [1.29, 1.82) is 0 Å². The Labute approximate surface area is 631 Å². The van der Waals surface area contributed by atoms with Gasteiger partial charge in [-0.2, -0.15) is 0 Å². The van der Waals surface area contributed by atoms with Crippen molar-refractivity contribution >= 4 is 79.0 Å². The molecule has 17 aromatic carbocycles. The molecule has 3 spiro atoms. The van der Waals surface area contributed by atoms with Gasteiger partial charge in [-0.3, -0.25) is 0 Å². The van der Waals surface area contributed by atoms with E-state index in [0.29, 0.717) is 0 Å². The molecule has 26 rings (SSSR count). The smallest absolute Gasteiger partial charge is 0.252 e. The third-order valence-electron chi connectivity index (χ3n) is 26.6. The Morgan fingerprint density at radius 3 is 1.11 bits per heavy atom. The summed E-state index contributed by atoms with van der Waals surface area (Å²) in [6.07, 6.45) is 0. The third kappa shape index (κ3) is 6.92. The molecule has 0 saturated carbocycles. The number of fused-ring (bicyclic) bond motifs is 38. The molecule has 0 bridgehead atoms. The molecule has 0 fully saturated rings. The van der Waals surface area contributed by atoms with Crippen LogP contribution in [-0.4, -0.2) is 11.3 Å². The Kier molecular flexibility index (Phi) is 11.2. The summed E-state index contributed by atoms with van der Waals surface area (Å²) in [5, 5.41) is 2.44. The van der Waals surface area contributed by atoms with E-state index in [0.717, 1.165) is 45.2 Å². The molecule has 0 unspecified atom stereocenters. The summed E-state index contributed by atoms with van der Waals surface area (Å²) in [5.74, 6) is 0. The van der Waals surface area contributed by atoms with Crippen LogP contribution in [-0.2, 0) is 16.2 Å². The van der Waals surface area contributed by atoms with E-state index in [9.17, 15) is 0 Å². The van der Waals surface area contributed by atoms with Crippen LogP contribution in [0, 0.1) is 0 Å². The molecule has 109 heavy (non-hydrogen) atoms. The van der Waals surface area contributed by atoms with Crippen molar-refractivity contribution in [2.24, 2.45) is 0 Å². The summed E-state index contributed by atoms with van der Waals surface area (Å²) in [5.41, 5.74) is 45.9. The van der Waals surface area contributed by atoms with Crippen LogP contribution in [0.2, 0.25) is 0 Å². The van der Waals surface area contributed by atoms with E-state index < -0.39 is 16.2 Å². The molecule has 6 aliphatic carbocycles. The van der Waals surface area contributed by atoms with Gasteiger partial charge in [0, 0.05) is 50.3 Å². The second kappa shape index (κ2) is 20.8. The van der Waals surface area contributed by atoms with Crippen molar-refractivity contribution < 1.29 is 0 Å². The van der Waals surface area contributed by atoms with Crippen LogP contribution in [0.5, 0.6) is 0 Å². The summed E-state index contributed by atoms with van der Waals surface area (Å²) < 4.78 is 2.58. The first-order valence-corrected chi connectivity index (χ1v) is 38.4. The summed E-state index contributed by atoms with van der Waals surface area (Å²) in [6.45, 7) is -0.260. The van der Waals surface area contributed by atoms with Crippen molar-refractivity contribution in [3.8, 4) is 83.6 Å². The predicted molar refractivity (Wildman–Crippen MR) is 449 cm³/mol. The first kappa shape index (κ1) is 58.5. The van der Waals surface area contributed by atoms with Crippen LogP contribution >= 0.6 is 0 Å². The van der Waals surface area contributed by atoms with E-state index in [2.05, 4.69) is 390 Å². The molecule has 0 N–H and O–H groups in total. The second-order valence-corrected chi connectivity index (χ2v) is 31.0. The Hall–Kier alpha value is -13.8. The van der Waals surface area contributed by atoms with Gasteiger partial charge in [0.25, 0.3) is 6.71 Å². The number of hydrogen-bond acceptors (Lipinski definition) is 2. The van der Waals surface area contributed by atoms with E-state index in [1.165, 1.54) is 177 Å². The first-order chi connectivity index (χ1) is 54.1. The highest BCUT2D eigenvalue weighted by Crippen LogP contribution is 2.69. The Bertz CT molecular complexity index is 6980. The summed E-state index contributed by atoms with van der Waals surface area (Å²) in [6, 6.07) is 146. The normalized spacial score (nSPS) is 15.0. The maximum atomic E-state index is 2.83. The molecule has 18 aromatic rings. The van der Waals surface area contributed by atoms with Gasteiger partial charge in [-0.1, -0.05) is 328 Å². The Balaban J connectivity index is 0.833. The summed E-state index contributed by atoms with van der Waals surface area (Å²) in [4.78, 5) is 5.51. The topological polar surface area (TPSA) is 11.4 Å². The number of benzene rings is 17. The van der Waals surface area contributed by atoms with Gasteiger partial charge in [0.15, 0.2) is 0 Å². The SMILES string of the molecule is c1ccc(-c2ccc3c(c2)B2c4ccc5c(c4N(c4cccc6c4-c4ccccc4C64c6ccccc6-c6ccccc64)c4cc(-n6c7ccccc7c7ccccc76)cc(c42)N3c2ccc3c(c2)-c2ccccc2C32c3ccccc3-c3ccccc32)-c2ccccc2C52c3ccccc3-c3ccccc32)cc1. The van der Waals surface area contributed by atoms with E-state index >= 15 is 0 Å². The second-order valence-electron chi connectivity index (χ2n) is 31.0. The zero-order valence-corrected chi connectivity index (χ0v) is 59.2. The summed E-state index contributed by atoms with van der Waals surface area (Å²) >= 11 is 0. The monoisotopic (exact) mass is 1380 g/mol. The molecule has 0 atom stereocenters. The van der Waals surface area contributed by atoms with Crippen molar-refractivity contribution in [3.63, 3.8) is 0 Å². The average Bonchev–Trinajstić information content (AvgIpc) is 1.63. The van der Waals surface area contributed by atoms with E-state index in [-0.39, 0.29) is 6.71 Å². The number of rotatable bonds is 4. The maximum absolute atomic E-state index is 2.83. The summed E-state index contributed by atoms with van der Waals surface area (Å²) in [7, 11) is 0. The largest absolute Gasteiger partial charge is 0.311 e. The molecule has 3 heterocycles. The predicted octanol–water partition coefficient (Wildman–Crippen LogP) is 23.6. The van der Waals surface area contributed by atoms with Gasteiger partial charge in [0.1, 0.15) is 0 Å². The average molecular weight is 1380 g/mol. The lowest BCUT2D eigenvalue weighted by molar-refractivity contribution is 0.793. The molecule has 1 aromatic heterocycles. The van der Waals surface area contributed by atoms with Gasteiger partial charge >= 0.3 is 0 Å². The Morgan fingerprint density at radius 2 is 0.596 bits per heavy atom. The van der Waals surface area contributed by atoms with E-state index in [1.54, 1.807) is 0 Å². The van der Waals surface area contributed by atoms with E-state index in [4.69, 9.17) is 0 Å². The standard InChI is InChI=1S/C105H62BN3/c1-2-27-63(28-3-1)64-53-58-95-92(59-64)106-91-57-56-90-100(77-39-12-23-48-87(77)105(90)83-44-19-8-33-71(83)72-34-9-20-45-84(72)105)102(91)109(96-52-26-49-89-99(96)76-38-11-22-47-86(76)104(89)81-42-17-6-31-69(81)70-32-7-18-43-82(70)104)98-62-66(108-93-50-24-13-36-74(93)75-37-14-25-51-94(75)108)61-97(101(98)106)107(95)65-54-55-88-78(60-65)73-35-10-21-46-85(73)103(88)79-40-15-4-29-67(79)68-30-5-16-41-80(68)103/h1-62H. The van der Waals surface area contributed by atoms with Crippen LogP contribution in [0.15, 0.2) is 376 Å². The quantitative estimate of drug-likeness (QED) is 0.163. The van der Waals surface area contributed by atoms with Crippen molar-refractivity contribution in [2.45, 2.75) is 16.2 Å². The molecular weight excluding hydrogens is 1310 g/mol. The van der Waals surface area contributed by atoms with Crippen molar-refractivity contribution in [2.75, 3.05) is 9.80 Å². The van der Waals surface area contributed by atoms with Gasteiger partial charge in [-0.25, -0.2) is 0 Å². The van der Waals surface area contributed by atoms with Crippen LogP contribution in [0.4, 0.5) is 34.1 Å². The minimum atomic E-state index is -0.627. The number of hydrogen-bond donors (Lipinski definition) is 0. The number of aromatic nitrogens is 1. The zero-order valence-electron chi connectivity index (χ0n) is 59.2. The molecule has 0 radical (unpaired) electrons. The minimum absolute atomic E-state index is 0.260. The first-order valence-electron chi connectivity index (χ1n) is 38.4. The van der Waals surface area contributed by atoms with Crippen LogP contribution < -0.4 is 26.2 Å². The van der Waals surface area contributed by atoms with Gasteiger partial charge in [0.05, 0.1) is 38.7 Å². The molecule has 4 heteroatoms. The van der Waals surface area contributed by atoms with Crippen LogP contribution in [0.3, 0.4) is 0 Å². The van der Waals surface area contributed by atoms with Gasteiger partial charge in [-0.15, -0.1) is 0 Å². The van der Waals surface area contributed by atoms with Gasteiger partial charge < -0.3 is 14.4 Å². The highest BCUT2D eigenvalue weighted by atomic mass is 15.2. The van der Waals surface area contributed by atoms with Crippen LogP contribution in [0.25, 0.3) is 105 Å². The fraction of sp³-hybridized carbons (Fsp3) is 0.0286. The molecule has 500 valence electrons. The Morgan fingerprint density at radius 1 is 0.211 bits per heavy atom. The molecule has 0 saturated heterocycles. The third-order valence-corrected chi connectivity index (χ3v) is 26.6. The van der Waals surface area contributed by atoms with Crippen molar-refractivity contribution in [3.05, 3.63) is 443 Å². The van der Waals surface area contributed by atoms with Gasteiger partial charge in [-0.05, 0) is 198 Å².